The van der Waals surface area contributed by atoms with Gasteiger partial charge in [0.05, 0.1) is 32.4 Å². The Morgan fingerprint density at radius 2 is 2.15 bits per heavy atom. The van der Waals surface area contributed by atoms with Crippen molar-refractivity contribution in [3.05, 3.63) is 11.7 Å². The molecular formula is C17H28N4O5. The molecule has 1 fully saturated rings. The van der Waals surface area contributed by atoms with Gasteiger partial charge in [0.2, 0.25) is 23.4 Å². The number of likely N-dealkylation sites (tertiary alicyclic amines) is 1. The van der Waals surface area contributed by atoms with Crippen molar-refractivity contribution in [2.45, 2.75) is 45.2 Å². The first-order valence-electron chi connectivity index (χ1n) is 8.80. The number of Topliss-reactive ketones (excluding diaryl/α,β-unsaturated/α-hetero) is 1. The first kappa shape index (κ1) is 20.5. The maximum Gasteiger partial charge on any atom is 0.240 e. The zero-order chi connectivity index (χ0) is 19.2. The van der Waals surface area contributed by atoms with Crippen molar-refractivity contribution in [1.29, 1.82) is 0 Å². The topological polar surface area (TPSA) is 107 Å². The van der Waals surface area contributed by atoms with Crippen molar-refractivity contribution in [2.24, 2.45) is 0 Å². The predicted molar refractivity (Wildman–Crippen MR) is 92.9 cm³/mol. The highest BCUT2D eigenvalue weighted by Crippen LogP contribution is 2.20. The van der Waals surface area contributed by atoms with E-state index in [4.69, 9.17) is 14.0 Å². The highest BCUT2D eigenvalue weighted by molar-refractivity contribution is 5.99. The molecule has 2 rings (SSSR count). The third-order valence-corrected chi connectivity index (χ3v) is 4.24. The second kappa shape index (κ2) is 9.20. The zero-order valence-corrected chi connectivity index (χ0v) is 15.9. The Kier molecular flexibility index (Phi) is 7.24. The third kappa shape index (κ3) is 5.58. The number of methoxy groups -OCH3 is 1. The van der Waals surface area contributed by atoms with Crippen LogP contribution in [0.25, 0.3) is 0 Å². The van der Waals surface area contributed by atoms with Crippen LogP contribution in [0, 0.1) is 6.92 Å². The Morgan fingerprint density at radius 3 is 2.81 bits per heavy atom. The lowest BCUT2D eigenvalue weighted by molar-refractivity contribution is -0.130. The molecule has 2 heterocycles. The second-order valence-electron chi connectivity index (χ2n) is 7.03. The van der Waals surface area contributed by atoms with E-state index < -0.39 is 6.04 Å². The number of ether oxygens (including phenoxy) is 2. The number of ketones is 1. The number of aryl methyl sites for hydroxylation is 1. The van der Waals surface area contributed by atoms with Crippen molar-refractivity contribution < 1.29 is 23.6 Å². The van der Waals surface area contributed by atoms with Gasteiger partial charge in [-0.05, 0) is 26.7 Å². The molecule has 1 aromatic heterocycles. The van der Waals surface area contributed by atoms with Gasteiger partial charge in [0.1, 0.15) is 0 Å². The van der Waals surface area contributed by atoms with Gasteiger partial charge in [-0.15, -0.1) is 0 Å². The molecule has 1 saturated heterocycles. The van der Waals surface area contributed by atoms with E-state index in [1.54, 1.807) is 18.9 Å². The van der Waals surface area contributed by atoms with E-state index in [2.05, 4.69) is 15.5 Å². The third-order valence-electron chi connectivity index (χ3n) is 4.24. The summed E-state index contributed by atoms with van der Waals surface area (Å²) in [7, 11) is 1.62. The smallest absolute Gasteiger partial charge is 0.240 e. The fourth-order valence-electron chi connectivity index (χ4n) is 2.82. The van der Waals surface area contributed by atoms with Crippen LogP contribution in [-0.4, -0.2) is 78.3 Å². The van der Waals surface area contributed by atoms with Crippen LogP contribution < -0.4 is 5.32 Å². The molecule has 0 radical (unpaired) electrons. The van der Waals surface area contributed by atoms with E-state index >= 15 is 0 Å². The second-order valence-corrected chi connectivity index (χ2v) is 7.03. The summed E-state index contributed by atoms with van der Waals surface area (Å²) in [5, 5.41) is 6.87. The monoisotopic (exact) mass is 368 g/mol. The summed E-state index contributed by atoms with van der Waals surface area (Å²) in [5.74, 6) is -0.0194. The van der Waals surface area contributed by atoms with Gasteiger partial charge in [-0.1, -0.05) is 5.16 Å². The minimum absolute atomic E-state index is 0.0343. The van der Waals surface area contributed by atoms with E-state index in [1.165, 1.54) is 0 Å². The Hall–Kier alpha value is -1.84. The lowest BCUT2D eigenvalue weighted by Gasteiger charge is -2.28. The van der Waals surface area contributed by atoms with E-state index in [9.17, 15) is 9.59 Å². The molecule has 146 valence electrons. The molecule has 0 aromatic carbocycles. The van der Waals surface area contributed by atoms with Gasteiger partial charge in [-0.25, -0.2) is 0 Å². The first-order valence-corrected chi connectivity index (χ1v) is 8.80. The van der Waals surface area contributed by atoms with Crippen molar-refractivity contribution >= 4 is 11.7 Å². The summed E-state index contributed by atoms with van der Waals surface area (Å²) < 4.78 is 15.3. The highest BCUT2D eigenvalue weighted by atomic mass is 16.5. The number of hydrogen-bond donors (Lipinski definition) is 1. The zero-order valence-electron chi connectivity index (χ0n) is 15.9. The lowest BCUT2D eigenvalue weighted by atomic mass is 10.1. The average molecular weight is 368 g/mol. The number of hydrogen-bond acceptors (Lipinski definition) is 8. The maximum absolute atomic E-state index is 12.6. The molecule has 0 saturated carbocycles. The summed E-state index contributed by atoms with van der Waals surface area (Å²) in [4.78, 5) is 30.7. The van der Waals surface area contributed by atoms with E-state index in [0.717, 1.165) is 6.42 Å². The molecule has 1 amide bonds. The van der Waals surface area contributed by atoms with Gasteiger partial charge in [0.25, 0.3) is 0 Å². The largest absolute Gasteiger partial charge is 0.382 e. The van der Waals surface area contributed by atoms with Crippen LogP contribution in [-0.2, 0) is 14.3 Å². The van der Waals surface area contributed by atoms with Gasteiger partial charge in [-0.3, -0.25) is 9.59 Å². The van der Waals surface area contributed by atoms with E-state index in [1.807, 2.05) is 13.8 Å². The summed E-state index contributed by atoms with van der Waals surface area (Å²) in [6.45, 7) is 7.72. The molecule has 9 heteroatoms. The SMILES string of the molecule is COCCOCC(C)(C)NCC(=O)N1CCCC1C(=O)c1noc(C)n1. The summed E-state index contributed by atoms with van der Waals surface area (Å²) in [5.41, 5.74) is -0.368. The van der Waals surface area contributed by atoms with Crippen molar-refractivity contribution in [3.8, 4) is 0 Å². The van der Waals surface area contributed by atoms with Crippen molar-refractivity contribution in [2.75, 3.05) is 40.0 Å². The maximum atomic E-state index is 12.6. The molecular weight excluding hydrogens is 340 g/mol. The number of carbonyl (C=O) groups is 2. The number of carbonyl (C=O) groups excluding carboxylic acids is 2. The molecule has 26 heavy (non-hydrogen) atoms. The molecule has 0 bridgehead atoms. The predicted octanol–water partition coefficient (Wildman–Crippen LogP) is 0.583. The van der Waals surface area contributed by atoms with Crippen LogP contribution in [0.5, 0.6) is 0 Å². The van der Waals surface area contributed by atoms with Crippen molar-refractivity contribution in [3.63, 3.8) is 0 Å². The van der Waals surface area contributed by atoms with Crippen LogP contribution in [0.15, 0.2) is 4.52 Å². The highest BCUT2D eigenvalue weighted by Gasteiger charge is 2.36. The summed E-state index contributed by atoms with van der Waals surface area (Å²) in [6.07, 6.45) is 1.39. The minimum atomic E-state index is -0.526. The number of rotatable bonds is 10. The fraction of sp³-hybridized carbons (Fsp3) is 0.765. The molecule has 1 aliphatic rings. The number of amides is 1. The van der Waals surface area contributed by atoms with Crippen LogP contribution >= 0.6 is 0 Å². The quantitative estimate of drug-likeness (QED) is 0.472. The molecule has 1 unspecified atom stereocenters. The van der Waals surface area contributed by atoms with Gasteiger partial charge in [0.15, 0.2) is 0 Å². The van der Waals surface area contributed by atoms with Crippen molar-refractivity contribution in [1.82, 2.24) is 20.4 Å². The van der Waals surface area contributed by atoms with E-state index in [0.29, 0.717) is 38.7 Å². The van der Waals surface area contributed by atoms with Gasteiger partial charge in [-0.2, -0.15) is 4.98 Å². The molecule has 0 aliphatic carbocycles. The van der Waals surface area contributed by atoms with Crippen LogP contribution in [0.2, 0.25) is 0 Å². The van der Waals surface area contributed by atoms with Gasteiger partial charge >= 0.3 is 0 Å². The normalized spacial score (nSPS) is 17.7. The molecule has 1 aliphatic heterocycles. The molecule has 0 spiro atoms. The molecule has 1 atom stereocenters. The average Bonchev–Trinajstić information content (AvgIpc) is 3.25. The Morgan fingerprint density at radius 1 is 1.38 bits per heavy atom. The van der Waals surface area contributed by atoms with Crippen LogP contribution in [0.3, 0.4) is 0 Å². The minimum Gasteiger partial charge on any atom is -0.382 e. The van der Waals surface area contributed by atoms with Crippen LogP contribution in [0.4, 0.5) is 0 Å². The molecule has 1 N–H and O–H groups in total. The summed E-state index contributed by atoms with van der Waals surface area (Å²) >= 11 is 0. The molecule has 1 aromatic rings. The summed E-state index contributed by atoms with van der Waals surface area (Å²) in [6, 6.07) is -0.526. The van der Waals surface area contributed by atoms with E-state index in [-0.39, 0.29) is 29.6 Å². The Balaban J connectivity index is 1.86. The number of aromatic nitrogens is 2. The standard InChI is InChI=1S/C17H28N4O5/c1-12-19-16(20-26-12)15(23)13-6-5-7-21(13)14(22)10-18-17(2,3)11-25-9-8-24-4/h13,18H,5-11H2,1-4H3. The fourth-order valence-corrected chi connectivity index (χ4v) is 2.82. The number of nitrogens with one attached hydrogen (secondary N) is 1. The number of nitrogens with zero attached hydrogens (tertiary/aromatic N) is 3. The Bertz CT molecular complexity index is 616. The van der Waals surface area contributed by atoms with Crippen LogP contribution in [0.1, 0.15) is 43.2 Å². The van der Waals surface area contributed by atoms with Gasteiger partial charge in [0, 0.05) is 26.1 Å². The van der Waals surface area contributed by atoms with Gasteiger partial charge < -0.3 is 24.2 Å². The Labute approximate surface area is 153 Å². The lowest BCUT2D eigenvalue weighted by Crippen LogP contribution is -2.51. The first-order chi connectivity index (χ1) is 12.3. The molecule has 9 nitrogen and oxygen atoms in total.